The van der Waals surface area contributed by atoms with E-state index in [0.717, 1.165) is 45.0 Å². The zero-order valence-corrected chi connectivity index (χ0v) is 11.5. The van der Waals surface area contributed by atoms with E-state index in [9.17, 15) is 5.11 Å². The first-order valence-electron chi connectivity index (χ1n) is 7.20. The SMILES string of the molecule is CCCCOCC(O)CN1CCCC(C)CC1. The molecule has 0 saturated carbocycles. The van der Waals surface area contributed by atoms with E-state index in [4.69, 9.17) is 4.74 Å². The van der Waals surface area contributed by atoms with Gasteiger partial charge in [-0.3, -0.25) is 0 Å². The number of hydrogen-bond acceptors (Lipinski definition) is 3. The molecule has 0 radical (unpaired) electrons. The van der Waals surface area contributed by atoms with Gasteiger partial charge in [0, 0.05) is 13.2 Å². The minimum absolute atomic E-state index is 0.319. The third-order valence-electron chi connectivity index (χ3n) is 3.53. The molecule has 0 bridgehead atoms. The number of ether oxygens (including phenoxy) is 1. The molecule has 0 spiro atoms. The Kier molecular flexibility index (Phi) is 7.82. The fraction of sp³-hybridized carbons (Fsp3) is 1.00. The Balaban J connectivity index is 2.10. The smallest absolute Gasteiger partial charge is 0.0900 e. The second kappa shape index (κ2) is 8.90. The Hall–Kier alpha value is -0.120. The quantitative estimate of drug-likeness (QED) is 0.696. The maximum absolute atomic E-state index is 9.89. The van der Waals surface area contributed by atoms with Crippen LogP contribution in [-0.4, -0.2) is 49.0 Å². The average Bonchev–Trinajstić information content (AvgIpc) is 2.50. The van der Waals surface area contributed by atoms with Crippen LogP contribution in [0.2, 0.25) is 0 Å². The fourth-order valence-corrected chi connectivity index (χ4v) is 2.32. The van der Waals surface area contributed by atoms with Crippen LogP contribution in [0.25, 0.3) is 0 Å². The van der Waals surface area contributed by atoms with Gasteiger partial charge in [-0.1, -0.05) is 20.3 Å². The number of unbranched alkanes of at least 4 members (excludes halogenated alkanes) is 1. The van der Waals surface area contributed by atoms with Gasteiger partial charge < -0.3 is 14.7 Å². The molecule has 0 aliphatic carbocycles. The number of aliphatic hydroxyl groups excluding tert-OH is 1. The van der Waals surface area contributed by atoms with Crippen molar-refractivity contribution in [2.45, 2.75) is 52.1 Å². The van der Waals surface area contributed by atoms with Crippen LogP contribution in [0.4, 0.5) is 0 Å². The van der Waals surface area contributed by atoms with Crippen LogP contribution in [0.5, 0.6) is 0 Å². The number of aliphatic hydroxyl groups is 1. The van der Waals surface area contributed by atoms with Gasteiger partial charge in [-0.2, -0.15) is 0 Å². The molecule has 0 aromatic rings. The third kappa shape index (κ3) is 7.02. The van der Waals surface area contributed by atoms with Crippen LogP contribution in [0, 0.1) is 5.92 Å². The van der Waals surface area contributed by atoms with Crippen molar-refractivity contribution in [3.8, 4) is 0 Å². The average molecular weight is 243 g/mol. The van der Waals surface area contributed by atoms with Gasteiger partial charge in [-0.05, 0) is 44.7 Å². The lowest BCUT2D eigenvalue weighted by Gasteiger charge is -2.23. The highest BCUT2D eigenvalue weighted by molar-refractivity contribution is 4.70. The standard InChI is InChI=1S/C14H29NO2/c1-3-4-10-17-12-14(16)11-15-8-5-6-13(2)7-9-15/h13-14,16H,3-12H2,1-2H3. The second-order valence-electron chi connectivity index (χ2n) is 5.42. The molecule has 1 rings (SSSR count). The topological polar surface area (TPSA) is 32.7 Å². The van der Waals surface area contributed by atoms with Gasteiger partial charge in [-0.25, -0.2) is 0 Å². The Bertz CT molecular complexity index is 187. The van der Waals surface area contributed by atoms with Gasteiger partial charge in [0.25, 0.3) is 0 Å². The molecule has 102 valence electrons. The minimum Gasteiger partial charge on any atom is -0.389 e. The van der Waals surface area contributed by atoms with Crippen LogP contribution in [0.15, 0.2) is 0 Å². The Morgan fingerprint density at radius 2 is 2.18 bits per heavy atom. The summed E-state index contributed by atoms with van der Waals surface area (Å²) in [5.41, 5.74) is 0. The number of β-amino-alcohol motifs (C(OH)–C–C–N with tert-alkyl or cyclic N) is 1. The number of nitrogens with zero attached hydrogens (tertiary/aromatic N) is 1. The highest BCUT2D eigenvalue weighted by Crippen LogP contribution is 2.16. The summed E-state index contributed by atoms with van der Waals surface area (Å²) in [7, 11) is 0. The van der Waals surface area contributed by atoms with Crippen molar-refractivity contribution < 1.29 is 9.84 Å². The number of rotatable bonds is 7. The molecule has 0 amide bonds. The van der Waals surface area contributed by atoms with Crippen molar-refractivity contribution in [3.63, 3.8) is 0 Å². The molecular weight excluding hydrogens is 214 g/mol. The van der Waals surface area contributed by atoms with Gasteiger partial charge in [-0.15, -0.1) is 0 Å². The zero-order valence-electron chi connectivity index (χ0n) is 11.5. The van der Waals surface area contributed by atoms with Crippen LogP contribution < -0.4 is 0 Å². The fourth-order valence-electron chi connectivity index (χ4n) is 2.32. The van der Waals surface area contributed by atoms with Crippen LogP contribution in [0.1, 0.15) is 46.0 Å². The van der Waals surface area contributed by atoms with E-state index in [1.165, 1.54) is 19.3 Å². The largest absolute Gasteiger partial charge is 0.389 e. The normalized spacial score (nSPS) is 24.5. The number of hydrogen-bond donors (Lipinski definition) is 1. The van der Waals surface area contributed by atoms with Crippen molar-refractivity contribution in [2.75, 3.05) is 32.8 Å². The monoisotopic (exact) mass is 243 g/mol. The maximum Gasteiger partial charge on any atom is 0.0900 e. The molecule has 3 nitrogen and oxygen atoms in total. The number of likely N-dealkylation sites (tertiary alicyclic amines) is 1. The molecule has 0 aromatic carbocycles. The first kappa shape index (κ1) is 14.9. The maximum atomic E-state index is 9.89. The van der Waals surface area contributed by atoms with Crippen LogP contribution in [-0.2, 0) is 4.74 Å². The molecule has 1 aliphatic rings. The summed E-state index contributed by atoms with van der Waals surface area (Å²) < 4.78 is 5.45. The Morgan fingerprint density at radius 1 is 1.35 bits per heavy atom. The summed E-state index contributed by atoms with van der Waals surface area (Å²) in [4.78, 5) is 2.39. The van der Waals surface area contributed by atoms with Crippen molar-refractivity contribution in [2.24, 2.45) is 5.92 Å². The van der Waals surface area contributed by atoms with Crippen LogP contribution >= 0.6 is 0 Å². The van der Waals surface area contributed by atoms with Crippen molar-refractivity contribution in [1.29, 1.82) is 0 Å². The van der Waals surface area contributed by atoms with Crippen LogP contribution in [0.3, 0.4) is 0 Å². The Morgan fingerprint density at radius 3 is 2.94 bits per heavy atom. The first-order chi connectivity index (χ1) is 8.22. The van der Waals surface area contributed by atoms with Gasteiger partial charge in [0.05, 0.1) is 12.7 Å². The summed E-state index contributed by atoms with van der Waals surface area (Å²) in [6.45, 7) is 8.80. The molecule has 1 fully saturated rings. The van der Waals surface area contributed by atoms with Crippen molar-refractivity contribution in [3.05, 3.63) is 0 Å². The molecule has 1 saturated heterocycles. The van der Waals surface area contributed by atoms with Gasteiger partial charge >= 0.3 is 0 Å². The van der Waals surface area contributed by atoms with E-state index < -0.39 is 0 Å². The van der Waals surface area contributed by atoms with E-state index in [2.05, 4.69) is 18.7 Å². The first-order valence-corrected chi connectivity index (χ1v) is 7.20. The second-order valence-corrected chi connectivity index (χ2v) is 5.42. The molecule has 1 heterocycles. The predicted molar refractivity (Wildman–Crippen MR) is 71.2 cm³/mol. The van der Waals surface area contributed by atoms with Gasteiger partial charge in [0.1, 0.15) is 0 Å². The molecule has 1 aliphatic heterocycles. The highest BCUT2D eigenvalue weighted by Gasteiger charge is 2.16. The zero-order chi connectivity index (χ0) is 12.5. The molecular formula is C14H29NO2. The van der Waals surface area contributed by atoms with E-state index in [1.807, 2.05) is 0 Å². The summed E-state index contributed by atoms with van der Waals surface area (Å²) in [5.74, 6) is 0.845. The Labute approximate surface area is 106 Å². The minimum atomic E-state index is -0.319. The molecule has 1 N–H and O–H groups in total. The van der Waals surface area contributed by atoms with E-state index in [-0.39, 0.29) is 6.10 Å². The third-order valence-corrected chi connectivity index (χ3v) is 3.53. The van der Waals surface area contributed by atoms with Gasteiger partial charge in [0.2, 0.25) is 0 Å². The summed E-state index contributed by atoms with van der Waals surface area (Å²) >= 11 is 0. The molecule has 17 heavy (non-hydrogen) atoms. The molecule has 3 heteroatoms. The lowest BCUT2D eigenvalue weighted by molar-refractivity contribution is 0.0162. The molecule has 2 unspecified atom stereocenters. The summed E-state index contributed by atoms with van der Waals surface area (Å²) in [5, 5.41) is 9.89. The predicted octanol–water partition coefficient (Wildman–Crippen LogP) is 2.29. The molecule has 0 aromatic heterocycles. The summed E-state index contributed by atoms with van der Waals surface area (Å²) in [6, 6.07) is 0. The lowest BCUT2D eigenvalue weighted by Crippen LogP contribution is -2.35. The van der Waals surface area contributed by atoms with Crippen molar-refractivity contribution >= 4 is 0 Å². The van der Waals surface area contributed by atoms with E-state index >= 15 is 0 Å². The summed E-state index contributed by atoms with van der Waals surface area (Å²) in [6.07, 6.45) is 5.79. The lowest BCUT2D eigenvalue weighted by atomic mass is 10.0. The van der Waals surface area contributed by atoms with Gasteiger partial charge in [0.15, 0.2) is 0 Å². The van der Waals surface area contributed by atoms with E-state index in [0.29, 0.717) is 6.61 Å². The van der Waals surface area contributed by atoms with Crippen molar-refractivity contribution in [1.82, 2.24) is 4.90 Å². The highest BCUT2D eigenvalue weighted by atomic mass is 16.5. The molecule has 2 atom stereocenters. The van der Waals surface area contributed by atoms with E-state index in [1.54, 1.807) is 0 Å².